The van der Waals surface area contributed by atoms with E-state index in [4.69, 9.17) is 5.73 Å². The molecule has 0 aliphatic heterocycles. The van der Waals surface area contributed by atoms with Crippen LogP contribution in [0.2, 0.25) is 0 Å². The lowest BCUT2D eigenvalue weighted by Gasteiger charge is -2.17. The van der Waals surface area contributed by atoms with E-state index < -0.39 is 6.04 Å². The van der Waals surface area contributed by atoms with Gasteiger partial charge in [0.05, 0.1) is 11.9 Å². The molecule has 0 aliphatic carbocycles. The average molecular weight is 319 g/mol. The number of carbonyl (C=O) groups is 2. The standard InChI is InChI=1S/C17H25N3O3/c1-12(10-14-5-7-16(22)8-6-14)17(23)20-15(11-21)4-3-9-19-13(2)18/h5-8,11-12,15,19,22H,2-4,9-10,18H2,1H3,(H,20,23). The lowest BCUT2D eigenvalue weighted by Crippen LogP contribution is -2.40. The zero-order chi connectivity index (χ0) is 17.2. The fourth-order valence-electron chi connectivity index (χ4n) is 2.15. The van der Waals surface area contributed by atoms with Crippen LogP contribution >= 0.6 is 0 Å². The molecule has 5 N–H and O–H groups in total. The number of benzene rings is 1. The lowest BCUT2D eigenvalue weighted by atomic mass is 9.99. The number of nitrogens with one attached hydrogen (secondary N) is 2. The van der Waals surface area contributed by atoms with Gasteiger partial charge in [-0.15, -0.1) is 0 Å². The summed E-state index contributed by atoms with van der Waals surface area (Å²) < 4.78 is 0. The molecule has 1 rings (SSSR count). The number of aromatic hydroxyl groups is 1. The molecule has 126 valence electrons. The van der Waals surface area contributed by atoms with Crippen LogP contribution in [0.15, 0.2) is 36.7 Å². The molecular weight excluding hydrogens is 294 g/mol. The summed E-state index contributed by atoms with van der Waals surface area (Å²) in [7, 11) is 0. The summed E-state index contributed by atoms with van der Waals surface area (Å²) in [5.41, 5.74) is 6.34. The van der Waals surface area contributed by atoms with Crippen LogP contribution in [-0.4, -0.2) is 29.9 Å². The first-order valence-electron chi connectivity index (χ1n) is 7.64. The van der Waals surface area contributed by atoms with Crippen molar-refractivity contribution >= 4 is 12.2 Å². The number of amides is 1. The average Bonchev–Trinajstić information content (AvgIpc) is 2.52. The summed E-state index contributed by atoms with van der Waals surface area (Å²) in [4.78, 5) is 23.2. The Morgan fingerprint density at radius 3 is 2.61 bits per heavy atom. The molecule has 1 amide bonds. The molecule has 6 heteroatoms. The molecule has 1 aromatic rings. The fraction of sp³-hybridized carbons (Fsp3) is 0.412. The van der Waals surface area contributed by atoms with Gasteiger partial charge in [0.15, 0.2) is 0 Å². The molecule has 2 atom stereocenters. The summed E-state index contributed by atoms with van der Waals surface area (Å²) in [6.07, 6.45) is 2.54. The largest absolute Gasteiger partial charge is 0.508 e. The number of carbonyl (C=O) groups excluding carboxylic acids is 2. The van der Waals surface area contributed by atoms with Gasteiger partial charge in [-0.3, -0.25) is 4.79 Å². The van der Waals surface area contributed by atoms with E-state index in [9.17, 15) is 14.7 Å². The molecule has 0 aliphatic rings. The topological polar surface area (TPSA) is 104 Å². The van der Waals surface area contributed by atoms with Gasteiger partial charge in [-0.25, -0.2) is 0 Å². The van der Waals surface area contributed by atoms with Crippen LogP contribution in [0.1, 0.15) is 25.3 Å². The van der Waals surface area contributed by atoms with E-state index in [1.165, 1.54) is 0 Å². The van der Waals surface area contributed by atoms with Gasteiger partial charge in [0, 0.05) is 12.5 Å². The molecule has 1 aromatic carbocycles. The van der Waals surface area contributed by atoms with E-state index in [1.54, 1.807) is 24.3 Å². The van der Waals surface area contributed by atoms with Crippen molar-refractivity contribution in [3.05, 3.63) is 42.2 Å². The molecule has 0 radical (unpaired) electrons. The lowest BCUT2D eigenvalue weighted by molar-refractivity contribution is -0.127. The van der Waals surface area contributed by atoms with Crippen molar-refractivity contribution in [1.82, 2.24) is 10.6 Å². The second-order valence-electron chi connectivity index (χ2n) is 5.62. The van der Waals surface area contributed by atoms with Crippen LogP contribution in [-0.2, 0) is 16.0 Å². The van der Waals surface area contributed by atoms with E-state index in [0.717, 1.165) is 11.8 Å². The Labute approximate surface area is 136 Å². The Hall–Kier alpha value is -2.50. The van der Waals surface area contributed by atoms with Gasteiger partial charge < -0.3 is 26.3 Å². The number of hydrogen-bond acceptors (Lipinski definition) is 5. The van der Waals surface area contributed by atoms with Crippen molar-refractivity contribution < 1.29 is 14.7 Å². The molecule has 0 saturated heterocycles. The Morgan fingerprint density at radius 2 is 2.04 bits per heavy atom. The molecule has 6 nitrogen and oxygen atoms in total. The van der Waals surface area contributed by atoms with E-state index >= 15 is 0 Å². The van der Waals surface area contributed by atoms with E-state index in [2.05, 4.69) is 17.2 Å². The maximum Gasteiger partial charge on any atom is 0.223 e. The van der Waals surface area contributed by atoms with Gasteiger partial charge in [-0.2, -0.15) is 0 Å². The number of phenolic OH excluding ortho intramolecular Hbond substituents is 1. The predicted molar refractivity (Wildman–Crippen MR) is 89.5 cm³/mol. The van der Waals surface area contributed by atoms with Crippen LogP contribution in [0.3, 0.4) is 0 Å². The van der Waals surface area contributed by atoms with Crippen molar-refractivity contribution in [3.63, 3.8) is 0 Å². The van der Waals surface area contributed by atoms with Crippen LogP contribution in [0, 0.1) is 5.92 Å². The first kappa shape index (κ1) is 18.5. The van der Waals surface area contributed by atoms with Crippen LogP contribution in [0.25, 0.3) is 0 Å². The summed E-state index contributed by atoms with van der Waals surface area (Å²) in [6, 6.07) is 6.24. The third-order valence-electron chi connectivity index (χ3n) is 3.46. The number of phenols is 1. The Bertz CT molecular complexity index is 528. The minimum atomic E-state index is -0.502. The van der Waals surface area contributed by atoms with Crippen LogP contribution in [0.5, 0.6) is 5.75 Å². The molecular formula is C17H25N3O3. The molecule has 0 spiro atoms. The predicted octanol–water partition coefficient (Wildman–Crippen LogP) is 1.05. The zero-order valence-electron chi connectivity index (χ0n) is 13.4. The van der Waals surface area contributed by atoms with Crippen LogP contribution in [0.4, 0.5) is 0 Å². The molecule has 23 heavy (non-hydrogen) atoms. The van der Waals surface area contributed by atoms with Crippen LogP contribution < -0.4 is 16.4 Å². The quantitative estimate of drug-likeness (QED) is 0.381. The van der Waals surface area contributed by atoms with E-state index in [-0.39, 0.29) is 17.6 Å². The van der Waals surface area contributed by atoms with Crippen molar-refractivity contribution in [3.8, 4) is 5.75 Å². The fourth-order valence-corrected chi connectivity index (χ4v) is 2.15. The summed E-state index contributed by atoms with van der Waals surface area (Å²) >= 11 is 0. The van der Waals surface area contributed by atoms with Gasteiger partial charge in [0.1, 0.15) is 12.0 Å². The van der Waals surface area contributed by atoms with Gasteiger partial charge in [-0.1, -0.05) is 25.6 Å². The number of aldehydes is 1. The molecule has 0 fully saturated rings. The Morgan fingerprint density at radius 1 is 1.39 bits per heavy atom. The third kappa shape index (κ3) is 7.35. The summed E-state index contributed by atoms with van der Waals surface area (Å²) in [5.74, 6) is 0.162. The highest BCUT2D eigenvalue weighted by Crippen LogP contribution is 2.14. The Balaban J connectivity index is 2.40. The highest BCUT2D eigenvalue weighted by molar-refractivity contribution is 5.81. The number of hydrogen-bond donors (Lipinski definition) is 4. The van der Waals surface area contributed by atoms with Gasteiger partial charge in [0.2, 0.25) is 5.91 Å². The molecule has 0 heterocycles. The molecule has 0 bridgehead atoms. The molecule has 0 aromatic heterocycles. The highest BCUT2D eigenvalue weighted by Gasteiger charge is 2.17. The maximum absolute atomic E-state index is 12.2. The summed E-state index contributed by atoms with van der Waals surface area (Å²) in [5, 5.41) is 14.9. The van der Waals surface area contributed by atoms with Crippen molar-refractivity contribution in [2.24, 2.45) is 11.7 Å². The summed E-state index contributed by atoms with van der Waals surface area (Å²) in [6.45, 7) is 5.94. The normalized spacial score (nSPS) is 12.9. The minimum Gasteiger partial charge on any atom is -0.508 e. The molecule has 2 unspecified atom stereocenters. The monoisotopic (exact) mass is 319 g/mol. The van der Waals surface area contributed by atoms with Crippen molar-refractivity contribution in [2.75, 3.05) is 6.54 Å². The van der Waals surface area contributed by atoms with Gasteiger partial charge in [0.25, 0.3) is 0 Å². The zero-order valence-corrected chi connectivity index (χ0v) is 13.4. The van der Waals surface area contributed by atoms with E-state index in [1.807, 2.05) is 6.92 Å². The number of rotatable bonds is 10. The smallest absolute Gasteiger partial charge is 0.223 e. The SMILES string of the molecule is C=C(N)NCCCC(C=O)NC(=O)C(C)Cc1ccc(O)cc1. The minimum absolute atomic E-state index is 0.161. The molecule has 0 saturated carbocycles. The first-order valence-corrected chi connectivity index (χ1v) is 7.64. The van der Waals surface area contributed by atoms with E-state index in [0.29, 0.717) is 31.6 Å². The number of nitrogens with two attached hydrogens (primary N) is 1. The van der Waals surface area contributed by atoms with Gasteiger partial charge in [-0.05, 0) is 37.0 Å². The highest BCUT2D eigenvalue weighted by atomic mass is 16.3. The first-order chi connectivity index (χ1) is 10.9. The van der Waals surface area contributed by atoms with Crippen molar-refractivity contribution in [1.29, 1.82) is 0 Å². The van der Waals surface area contributed by atoms with Gasteiger partial charge >= 0.3 is 0 Å². The third-order valence-corrected chi connectivity index (χ3v) is 3.46. The second-order valence-corrected chi connectivity index (χ2v) is 5.62. The Kier molecular flexibility index (Phi) is 7.66. The van der Waals surface area contributed by atoms with Crippen molar-refractivity contribution in [2.45, 2.75) is 32.2 Å². The maximum atomic E-state index is 12.2. The second kappa shape index (κ2) is 9.50.